The lowest BCUT2D eigenvalue weighted by Gasteiger charge is -2.06. The maximum absolute atomic E-state index is 11.9. The van der Waals surface area contributed by atoms with Crippen LogP contribution < -0.4 is 5.32 Å². The minimum atomic E-state index is 0.00718. The van der Waals surface area contributed by atoms with E-state index in [1.807, 2.05) is 48.7 Å². The van der Waals surface area contributed by atoms with E-state index in [1.54, 1.807) is 11.3 Å². The van der Waals surface area contributed by atoms with Gasteiger partial charge in [-0.1, -0.05) is 30.0 Å². The van der Waals surface area contributed by atoms with Crippen LogP contribution in [0.1, 0.15) is 10.6 Å². The Balaban J connectivity index is 1.61. The molecule has 0 radical (unpaired) electrons. The molecule has 4 nitrogen and oxygen atoms in total. The lowest BCUT2D eigenvalue weighted by Crippen LogP contribution is -2.24. The highest BCUT2D eigenvalue weighted by Crippen LogP contribution is 2.21. The average Bonchev–Trinajstić information content (AvgIpc) is 3.04. The molecule has 0 aliphatic rings. The number of aromatic nitrogens is 2. The molecule has 0 atom stereocenters. The van der Waals surface area contributed by atoms with Gasteiger partial charge in [-0.05, 0) is 30.5 Å². The number of nitrogens with zero attached hydrogens (tertiary/aromatic N) is 2. The summed E-state index contributed by atoms with van der Waals surface area (Å²) >= 11 is 3.06. The second-order valence-corrected chi connectivity index (χ2v) is 6.74. The van der Waals surface area contributed by atoms with Gasteiger partial charge in [0, 0.05) is 4.88 Å². The average molecular weight is 329 g/mol. The zero-order chi connectivity index (χ0) is 15.4. The number of hydrogen-bond acceptors (Lipinski definition) is 5. The van der Waals surface area contributed by atoms with Gasteiger partial charge in [-0.25, -0.2) is 9.97 Å². The van der Waals surface area contributed by atoms with Crippen molar-refractivity contribution in [3.05, 3.63) is 52.3 Å². The van der Waals surface area contributed by atoms with Crippen molar-refractivity contribution in [2.24, 2.45) is 0 Å². The van der Waals surface area contributed by atoms with E-state index >= 15 is 0 Å². The van der Waals surface area contributed by atoms with Gasteiger partial charge in [0.25, 0.3) is 0 Å². The molecule has 0 aliphatic carbocycles. The molecule has 2 heterocycles. The Morgan fingerprint density at radius 3 is 2.68 bits per heavy atom. The van der Waals surface area contributed by atoms with Crippen LogP contribution in [0.15, 0.2) is 46.8 Å². The molecule has 1 N–H and O–H groups in total. The normalized spacial score (nSPS) is 10.8. The Labute approximate surface area is 137 Å². The summed E-state index contributed by atoms with van der Waals surface area (Å²) in [7, 11) is 0. The molecule has 0 saturated heterocycles. The number of thiophene rings is 1. The predicted molar refractivity (Wildman–Crippen MR) is 91.2 cm³/mol. The van der Waals surface area contributed by atoms with Crippen molar-refractivity contribution in [2.45, 2.75) is 18.5 Å². The first-order valence-corrected chi connectivity index (χ1v) is 8.74. The van der Waals surface area contributed by atoms with Gasteiger partial charge < -0.3 is 5.32 Å². The molecule has 0 saturated carbocycles. The molecule has 112 valence electrons. The number of para-hydroxylation sites is 2. The number of fused-ring (bicyclic) bond motifs is 1. The predicted octanol–water partition coefficient (Wildman–Crippen LogP) is 3.41. The summed E-state index contributed by atoms with van der Waals surface area (Å²) in [5.74, 6) is 0.354. The van der Waals surface area contributed by atoms with Gasteiger partial charge >= 0.3 is 0 Å². The van der Waals surface area contributed by atoms with E-state index in [0.717, 1.165) is 26.6 Å². The molecule has 0 fully saturated rings. The quantitative estimate of drug-likeness (QED) is 0.729. The highest BCUT2D eigenvalue weighted by molar-refractivity contribution is 7.99. The molecule has 6 heteroatoms. The number of amides is 1. The van der Waals surface area contributed by atoms with Crippen LogP contribution in [-0.4, -0.2) is 21.6 Å². The number of thioether (sulfide) groups is 1. The van der Waals surface area contributed by atoms with Crippen LogP contribution in [0.5, 0.6) is 0 Å². The maximum Gasteiger partial charge on any atom is 0.230 e. The zero-order valence-electron chi connectivity index (χ0n) is 12.1. The fourth-order valence-electron chi connectivity index (χ4n) is 1.99. The minimum Gasteiger partial charge on any atom is -0.350 e. The van der Waals surface area contributed by atoms with E-state index in [1.165, 1.54) is 11.8 Å². The lowest BCUT2D eigenvalue weighted by molar-refractivity contribution is -0.118. The van der Waals surface area contributed by atoms with Crippen molar-refractivity contribution in [3.8, 4) is 0 Å². The van der Waals surface area contributed by atoms with E-state index in [-0.39, 0.29) is 5.91 Å². The third-order valence-electron chi connectivity index (χ3n) is 3.08. The fourth-order valence-corrected chi connectivity index (χ4v) is 3.42. The van der Waals surface area contributed by atoms with Crippen LogP contribution >= 0.6 is 23.1 Å². The molecule has 0 unspecified atom stereocenters. The molecule has 22 heavy (non-hydrogen) atoms. The number of aryl methyl sites for hydroxylation is 1. The molecular weight excluding hydrogens is 314 g/mol. The Morgan fingerprint density at radius 2 is 1.95 bits per heavy atom. The van der Waals surface area contributed by atoms with Gasteiger partial charge in [0.05, 0.1) is 29.0 Å². The summed E-state index contributed by atoms with van der Waals surface area (Å²) in [6.45, 7) is 2.50. The summed E-state index contributed by atoms with van der Waals surface area (Å²) in [6, 6.07) is 11.8. The molecule has 0 bridgehead atoms. The number of carbonyl (C=O) groups is 1. The monoisotopic (exact) mass is 329 g/mol. The topological polar surface area (TPSA) is 54.9 Å². The SMILES string of the molecule is Cc1nc2ccccc2nc1SCC(=O)NCc1cccs1. The van der Waals surface area contributed by atoms with Crippen LogP contribution in [0, 0.1) is 6.92 Å². The Bertz CT molecular complexity index is 787. The van der Waals surface area contributed by atoms with Crippen LogP contribution in [0.25, 0.3) is 11.0 Å². The van der Waals surface area contributed by atoms with Gasteiger partial charge in [-0.15, -0.1) is 11.3 Å². The number of hydrogen-bond donors (Lipinski definition) is 1. The molecule has 1 amide bonds. The summed E-state index contributed by atoms with van der Waals surface area (Å²) in [6.07, 6.45) is 0. The first-order valence-electron chi connectivity index (χ1n) is 6.87. The Morgan fingerprint density at radius 1 is 1.18 bits per heavy atom. The highest BCUT2D eigenvalue weighted by Gasteiger charge is 2.09. The summed E-state index contributed by atoms with van der Waals surface area (Å²) < 4.78 is 0. The van der Waals surface area contributed by atoms with E-state index in [4.69, 9.17) is 0 Å². The highest BCUT2D eigenvalue weighted by atomic mass is 32.2. The molecule has 1 aromatic carbocycles. The third-order valence-corrected chi connectivity index (χ3v) is 5.02. The number of rotatable bonds is 5. The summed E-state index contributed by atoms with van der Waals surface area (Å²) in [5.41, 5.74) is 2.59. The third kappa shape index (κ3) is 3.64. The Hall–Kier alpha value is -1.92. The second kappa shape index (κ2) is 6.89. The van der Waals surface area contributed by atoms with Crippen molar-refractivity contribution in [1.29, 1.82) is 0 Å². The summed E-state index contributed by atoms with van der Waals surface area (Å²) in [4.78, 5) is 22.2. The fraction of sp³-hybridized carbons (Fsp3) is 0.188. The standard InChI is InChI=1S/C16H15N3OS2/c1-11-16(19-14-7-3-2-6-13(14)18-11)22-10-15(20)17-9-12-5-4-8-21-12/h2-8H,9-10H2,1H3,(H,17,20). The molecule has 3 aromatic rings. The maximum atomic E-state index is 11.9. The van der Waals surface area contributed by atoms with Gasteiger partial charge in [0.1, 0.15) is 5.03 Å². The van der Waals surface area contributed by atoms with Crippen LogP contribution in [0.4, 0.5) is 0 Å². The summed E-state index contributed by atoms with van der Waals surface area (Å²) in [5, 5.41) is 5.73. The lowest BCUT2D eigenvalue weighted by atomic mass is 10.3. The van der Waals surface area contributed by atoms with Crippen LogP contribution in [-0.2, 0) is 11.3 Å². The molecular formula is C16H15N3OS2. The van der Waals surface area contributed by atoms with Gasteiger partial charge in [0.15, 0.2) is 0 Å². The van der Waals surface area contributed by atoms with Crippen LogP contribution in [0.2, 0.25) is 0 Å². The smallest absolute Gasteiger partial charge is 0.230 e. The van der Waals surface area contributed by atoms with Crippen molar-refractivity contribution in [1.82, 2.24) is 15.3 Å². The van der Waals surface area contributed by atoms with E-state index in [2.05, 4.69) is 15.3 Å². The van der Waals surface area contributed by atoms with Crippen molar-refractivity contribution in [2.75, 3.05) is 5.75 Å². The van der Waals surface area contributed by atoms with Crippen molar-refractivity contribution >= 4 is 40.0 Å². The Kier molecular flexibility index (Phi) is 4.70. The van der Waals surface area contributed by atoms with Gasteiger partial charge in [-0.2, -0.15) is 0 Å². The molecule has 0 aliphatic heterocycles. The first-order chi connectivity index (χ1) is 10.7. The number of carbonyl (C=O) groups excluding carboxylic acids is 1. The second-order valence-electron chi connectivity index (χ2n) is 4.75. The van der Waals surface area contributed by atoms with Crippen molar-refractivity contribution < 1.29 is 4.79 Å². The zero-order valence-corrected chi connectivity index (χ0v) is 13.7. The molecule has 2 aromatic heterocycles. The van der Waals surface area contributed by atoms with E-state index < -0.39 is 0 Å². The first kappa shape index (κ1) is 15.0. The molecule has 3 rings (SSSR count). The van der Waals surface area contributed by atoms with E-state index in [0.29, 0.717) is 12.3 Å². The largest absolute Gasteiger partial charge is 0.350 e. The van der Waals surface area contributed by atoms with Gasteiger partial charge in [-0.3, -0.25) is 4.79 Å². The van der Waals surface area contributed by atoms with E-state index in [9.17, 15) is 4.79 Å². The van der Waals surface area contributed by atoms with Crippen molar-refractivity contribution in [3.63, 3.8) is 0 Å². The molecule has 0 spiro atoms. The van der Waals surface area contributed by atoms with Crippen LogP contribution in [0.3, 0.4) is 0 Å². The van der Waals surface area contributed by atoms with Gasteiger partial charge in [0.2, 0.25) is 5.91 Å². The minimum absolute atomic E-state index is 0.00718. The number of benzene rings is 1. The number of nitrogens with one attached hydrogen (secondary N) is 1.